The molecule has 1 saturated carbocycles. The van der Waals surface area contributed by atoms with Crippen LogP contribution in [0.5, 0.6) is 5.75 Å². The Bertz CT molecular complexity index is 911. The topological polar surface area (TPSA) is 51.1 Å². The van der Waals surface area contributed by atoms with Gasteiger partial charge in [-0.3, -0.25) is 4.79 Å². The van der Waals surface area contributed by atoms with Crippen molar-refractivity contribution >= 4 is 23.2 Å². The molecule has 1 atom stereocenters. The molecule has 1 amide bonds. The minimum atomic E-state index is -0.168. The maximum atomic E-state index is 13.0. The van der Waals surface area contributed by atoms with Crippen molar-refractivity contribution in [3.05, 3.63) is 64.7 Å². The van der Waals surface area contributed by atoms with Crippen LogP contribution in [-0.4, -0.2) is 36.3 Å². The van der Waals surface area contributed by atoms with Crippen molar-refractivity contribution in [2.24, 2.45) is 11.1 Å². The van der Waals surface area contributed by atoms with E-state index in [9.17, 15) is 4.79 Å². The largest absolute Gasteiger partial charge is 0.496 e. The van der Waals surface area contributed by atoms with Gasteiger partial charge in [-0.25, -0.2) is 0 Å². The van der Waals surface area contributed by atoms with E-state index in [4.69, 9.17) is 21.2 Å². The molecule has 2 aliphatic rings. The number of carbonyl (C=O) groups is 1. The van der Waals surface area contributed by atoms with Crippen LogP contribution >= 0.6 is 11.6 Å². The molecule has 29 heavy (non-hydrogen) atoms. The number of ether oxygens (including phenoxy) is 1. The number of methoxy groups -OCH3 is 1. The predicted molar refractivity (Wildman–Crippen MR) is 113 cm³/mol. The molecule has 0 saturated heterocycles. The standard InChI is InChI=1S/C23H25ClN2O3/c1-28-22-11-3-2-10-20(22)21-13-19(29-25-21)15-26(23(27)17-7-5-8-17)14-16-6-4-9-18(24)12-16/h2-4,6,9-12,17,19H,5,7-8,13-15H2,1H3/t19-/m0/s1. The lowest BCUT2D eigenvalue weighted by atomic mass is 9.84. The fourth-order valence-corrected chi connectivity index (χ4v) is 4.03. The second-order valence-electron chi connectivity index (χ2n) is 7.65. The number of halogens is 1. The molecule has 6 heteroatoms. The third kappa shape index (κ3) is 4.56. The average Bonchev–Trinajstić information content (AvgIpc) is 3.14. The summed E-state index contributed by atoms with van der Waals surface area (Å²) in [4.78, 5) is 20.6. The fraction of sp³-hybridized carbons (Fsp3) is 0.391. The number of para-hydroxylation sites is 1. The average molecular weight is 413 g/mol. The van der Waals surface area contributed by atoms with Gasteiger partial charge in [0.25, 0.3) is 0 Å². The number of oxime groups is 1. The number of rotatable bonds is 7. The SMILES string of the molecule is COc1ccccc1C1=NO[C@H](CN(Cc2cccc(Cl)c2)C(=O)C2CCC2)C1. The van der Waals surface area contributed by atoms with Gasteiger partial charge in [0.2, 0.25) is 5.91 Å². The lowest BCUT2D eigenvalue weighted by Crippen LogP contribution is -2.42. The number of amides is 1. The lowest BCUT2D eigenvalue weighted by Gasteiger charge is -2.32. The molecule has 0 spiro atoms. The Morgan fingerprint density at radius 1 is 1.24 bits per heavy atom. The molecular weight excluding hydrogens is 388 g/mol. The smallest absolute Gasteiger partial charge is 0.226 e. The first-order valence-corrected chi connectivity index (χ1v) is 10.4. The van der Waals surface area contributed by atoms with Gasteiger partial charge >= 0.3 is 0 Å². The molecule has 5 nitrogen and oxygen atoms in total. The summed E-state index contributed by atoms with van der Waals surface area (Å²) in [5.74, 6) is 1.10. The van der Waals surface area contributed by atoms with E-state index in [-0.39, 0.29) is 17.9 Å². The summed E-state index contributed by atoms with van der Waals surface area (Å²) >= 11 is 6.14. The molecule has 152 valence electrons. The summed E-state index contributed by atoms with van der Waals surface area (Å²) in [6.45, 7) is 1.03. The van der Waals surface area contributed by atoms with E-state index in [1.54, 1.807) is 7.11 Å². The van der Waals surface area contributed by atoms with Crippen molar-refractivity contribution < 1.29 is 14.4 Å². The van der Waals surface area contributed by atoms with Crippen LogP contribution in [0.4, 0.5) is 0 Å². The molecule has 1 fully saturated rings. The minimum absolute atomic E-state index is 0.130. The molecule has 1 heterocycles. The van der Waals surface area contributed by atoms with Crippen molar-refractivity contribution in [3.63, 3.8) is 0 Å². The van der Waals surface area contributed by atoms with Crippen LogP contribution in [0, 0.1) is 5.92 Å². The van der Waals surface area contributed by atoms with Gasteiger partial charge in [0, 0.05) is 29.5 Å². The normalized spacial score (nSPS) is 18.6. The maximum absolute atomic E-state index is 13.0. The van der Waals surface area contributed by atoms with Crippen molar-refractivity contribution in [2.45, 2.75) is 38.3 Å². The number of benzene rings is 2. The first-order chi connectivity index (χ1) is 14.1. The Hall–Kier alpha value is -2.53. The molecular formula is C23H25ClN2O3. The molecule has 1 aliphatic carbocycles. The highest BCUT2D eigenvalue weighted by atomic mass is 35.5. The van der Waals surface area contributed by atoms with Crippen LogP contribution < -0.4 is 4.74 Å². The molecule has 1 aliphatic heterocycles. The van der Waals surface area contributed by atoms with Gasteiger partial charge in [-0.05, 0) is 42.7 Å². The van der Waals surface area contributed by atoms with Gasteiger partial charge in [-0.15, -0.1) is 0 Å². The summed E-state index contributed by atoms with van der Waals surface area (Å²) in [7, 11) is 1.65. The second kappa shape index (κ2) is 8.87. The maximum Gasteiger partial charge on any atom is 0.226 e. The minimum Gasteiger partial charge on any atom is -0.496 e. The molecule has 0 aromatic heterocycles. The van der Waals surface area contributed by atoms with E-state index >= 15 is 0 Å². The zero-order valence-corrected chi connectivity index (χ0v) is 17.3. The Kier molecular flexibility index (Phi) is 6.05. The van der Waals surface area contributed by atoms with Crippen molar-refractivity contribution in [2.75, 3.05) is 13.7 Å². The van der Waals surface area contributed by atoms with Crippen LogP contribution in [0.25, 0.3) is 0 Å². The van der Waals surface area contributed by atoms with Gasteiger partial charge in [0.1, 0.15) is 5.75 Å². The first-order valence-electron chi connectivity index (χ1n) is 10.0. The summed E-state index contributed by atoms with van der Waals surface area (Å²) in [6.07, 6.45) is 3.55. The van der Waals surface area contributed by atoms with Crippen LogP contribution in [-0.2, 0) is 16.2 Å². The predicted octanol–water partition coefficient (Wildman–Crippen LogP) is 4.67. The summed E-state index contributed by atoms with van der Waals surface area (Å²) in [5, 5.41) is 4.96. The quantitative estimate of drug-likeness (QED) is 0.664. The van der Waals surface area contributed by atoms with Crippen molar-refractivity contribution in [3.8, 4) is 5.75 Å². The monoisotopic (exact) mass is 412 g/mol. The van der Waals surface area contributed by atoms with Gasteiger partial charge in [-0.1, -0.05) is 47.4 Å². The highest BCUT2D eigenvalue weighted by Crippen LogP contribution is 2.30. The summed E-state index contributed by atoms with van der Waals surface area (Å²) in [6, 6.07) is 15.5. The van der Waals surface area contributed by atoms with E-state index in [2.05, 4.69) is 5.16 Å². The molecule has 2 aromatic carbocycles. The second-order valence-corrected chi connectivity index (χ2v) is 8.08. The molecule has 0 radical (unpaired) electrons. The third-order valence-electron chi connectivity index (χ3n) is 5.60. The Labute approximate surface area is 176 Å². The highest BCUT2D eigenvalue weighted by Gasteiger charge is 2.33. The number of nitrogens with zero attached hydrogens (tertiary/aromatic N) is 2. The van der Waals surface area contributed by atoms with Gasteiger partial charge in [-0.2, -0.15) is 0 Å². The van der Waals surface area contributed by atoms with Crippen LogP contribution in [0.3, 0.4) is 0 Å². The van der Waals surface area contributed by atoms with Crippen molar-refractivity contribution in [1.82, 2.24) is 4.90 Å². The zero-order chi connectivity index (χ0) is 20.2. The summed E-state index contributed by atoms with van der Waals surface area (Å²) in [5.41, 5.74) is 2.81. The molecule has 0 unspecified atom stereocenters. The van der Waals surface area contributed by atoms with Gasteiger partial charge in [0.05, 0.1) is 19.4 Å². The molecule has 0 N–H and O–H groups in total. The molecule has 4 rings (SSSR count). The Balaban J connectivity index is 1.46. The van der Waals surface area contributed by atoms with Crippen LogP contribution in [0.2, 0.25) is 5.02 Å². The summed E-state index contributed by atoms with van der Waals surface area (Å²) < 4.78 is 5.44. The molecule has 0 bridgehead atoms. The van der Waals surface area contributed by atoms with Crippen LogP contribution in [0.1, 0.15) is 36.8 Å². The zero-order valence-electron chi connectivity index (χ0n) is 16.5. The molecule has 2 aromatic rings. The van der Waals surface area contributed by atoms with E-state index in [0.29, 0.717) is 24.5 Å². The highest BCUT2D eigenvalue weighted by molar-refractivity contribution is 6.30. The van der Waals surface area contributed by atoms with E-state index < -0.39 is 0 Å². The Morgan fingerprint density at radius 3 is 2.79 bits per heavy atom. The number of hydrogen-bond acceptors (Lipinski definition) is 4. The number of hydrogen-bond donors (Lipinski definition) is 0. The van der Waals surface area contributed by atoms with Crippen molar-refractivity contribution in [1.29, 1.82) is 0 Å². The fourth-order valence-electron chi connectivity index (χ4n) is 3.82. The van der Waals surface area contributed by atoms with Crippen LogP contribution in [0.15, 0.2) is 53.7 Å². The van der Waals surface area contributed by atoms with Gasteiger partial charge in [0.15, 0.2) is 6.10 Å². The van der Waals surface area contributed by atoms with E-state index in [1.165, 1.54) is 0 Å². The third-order valence-corrected chi connectivity index (χ3v) is 5.84. The van der Waals surface area contributed by atoms with E-state index in [0.717, 1.165) is 41.9 Å². The number of carbonyl (C=O) groups excluding carboxylic acids is 1. The van der Waals surface area contributed by atoms with E-state index in [1.807, 2.05) is 53.4 Å². The lowest BCUT2D eigenvalue weighted by molar-refractivity contribution is -0.140. The van der Waals surface area contributed by atoms with Gasteiger partial charge < -0.3 is 14.5 Å². The first kappa shape index (κ1) is 19.8. The Morgan fingerprint density at radius 2 is 2.07 bits per heavy atom.